The van der Waals surface area contributed by atoms with Gasteiger partial charge in [0.1, 0.15) is 0 Å². The second-order valence-corrected chi connectivity index (χ2v) is 9.55. The van der Waals surface area contributed by atoms with E-state index in [1.165, 1.54) is 24.3 Å². The third kappa shape index (κ3) is 1.87. The van der Waals surface area contributed by atoms with Crippen LogP contribution in [0.1, 0.15) is 22.3 Å². The molecule has 0 spiro atoms. The van der Waals surface area contributed by atoms with Crippen molar-refractivity contribution >= 4 is 19.7 Å². The van der Waals surface area contributed by atoms with Crippen LogP contribution in [0.2, 0.25) is 0 Å². The first-order chi connectivity index (χ1) is 10.1. The fourth-order valence-corrected chi connectivity index (χ4v) is 7.02. The molecule has 0 N–H and O–H groups in total. The van der Waals surface area contributed by atoms with Crippen LogP contribution in [-0.4, -0.2) is 16.8 Å². The molecule has 116 valence electrons. The molecular formula is C16H16O4S2. The molecule has 0 fully saturated rings. The summed E-state index contributed by atoms with van der Waals surface area (Å²) >= 11 is 0. The zero-order chi connectivity index (χ0) is 16.4. The third-order valence-corrected chi connectivity index (χ3v) is 8.20. The van der Waals surface area contributed by atoms with Crippen LogP contribution >= 0.6 is 0 Å². The predicted octanol–water partition coefficient (Wildman–Crippen LogP) is 2.90. The van der Waals surface area contributed by atoms with Gasteiger partial charge in [0.15, 0.2) is 0 Å². The van der Waals surface area contributed by atoms with Gasteiger partial charge in [-0.15, -0.1) is 0 Å². The number of fused-ring (bicyclic) bond motifs is 2. The van der Waals surface area contributed by atoms with Gasteiger partial charge in [0.2, 0.25) is 19.7 Å². The molecule has 2 aromatic carbocycles. The highest BCUT2D eigenvalue weighted by atomic mass is 32.2. The maximum Gasteiger partial charge on any atom is 0.209 e. The Labute approximate surface area is 130 Å². The quantitative estimate of drug-likeness (QED) is 0.633. The van der Waals surface area contributed by atoms with Crippen molar-refractivity contribution in [2.24, 2.45) is 0 Å². The maximum absolute atomic E-state index is 12.8. The van der Waals surface area contributed by atoms with E-state index in [4.69, 9.17) is 0 Å². The molecule has 0 aromatic heterocycles. The highest BCUT2D eigenvalue weighted by Gasteiger charge is 2.39. The molecular weight excluding hydrogens is 320 g/mol. The Morgan fingerprint density at radius 3 is 0.864 bits per heavy atom. The van der Waals surface area contributed by atoms with Crippen molar-refractivity contribution in [1.82, 2.24) is 0 Å². The SMILES string of the molecule is Cc1cc2c(cc1C)S(=O)(=O)c1cc(C)c(C)cc1S2(=O)=O. The average Bonchev–Trinajstić information content (AvgIpc) is 2.42. The lowest BCUT2D eigenvalue weighted by molar-refractivity contribution is 0.569. The molecule has 0 amide bonds. The molecule has 0 saturated carbocycles. The fraction of sp³-hybridized carbons (Fsp3) is 0.250. The first kappa shape index (κ1) is 15.2. The van der Waals surface area contributed by atoms with Crippen LogP contribution in [0.3, 0.4) is 0 Å². The van der Waals surface area contributed by atoms with Gasteiger partial charge in [0.05, 0.1) is 19.6 Å². The van der Waals surface area contributed by atoms with Gasteiger partial charge in [-0.25, -0.2) is 16.8 Å². The van der Waals surface area contributed by atoms with Gasteiger partial charge in [-0.05, 0) is 74.2 Å². The number of hydrogen-bond acceptors (Lipinski definition) is 4. The van der Waals surface area contributed by atoms with E-state index in [0.29, 0.717) is 0 Å². The lowest BCUT2D eigenvalue weighted by atomic mass is 10.1. The Hall–Kier alpha value is -1.66. The third-order valence-electron chi connectivity index (χ3n) is 4.28. The van der Waals surface area contributed by atoms with Crippen LogP contribution in [0, 0.1) is 27.7 Å². The minimum Gasteiger partial charge on any atom is -0.218 e. The molecule has 0 radical (unpaired) electrons. The minimum atomic E-state index is -3.83. The topological polar surface area (TPSA) is 68.3 Å². The molecule has 0 atom stereocenters. The van der Waals surface area contributed by atoms with E-state index < -0.39 is 19.7 Å². The molecule has 3 rings (SSSR count). The summed E-state index contributed by atoms with van der Waals surface area (Å²) in [5.74, 6) is 0. The zero-order valence-corrected chi connectivity index (χ0v) is 14.4. The van der Waals surface area contributed by atoms with Crippen molar-refractivity contribution in [3.63, 3.8) is 0 Å². The summed E-state index contributed by atoms with van der Waals surface area (Å²) in [6.07, 6.45) is 0. The van der Waals surface area contributed by atoms with Gasteiger partial charge >= 0.3 is 0 Å². The first-order valence-corrected chi connectivity index (χ1v) is 9.76. The van der Waals surface area contributed by atoms with Crippen LogP contribution in [0.5, 0.6) is 0 Å². The van der Waals surface area contributed by atoms with E-state index in [2.05, 4.69) is 0 Å². The number of benzene rings is 2. The molecule has 1 heterocycles. The lowest BCUT2D eigenvalue weighted by Crippen LogP contribution is -2.20. The predicted molar refractivity (Wildman–Crippen MR) is 82.7 cm³/mol. The van der Waals surface area contributed by atoms with Gasteiger partial charge in [-0.3, -0.25) is 0 Å². The van der Waals surface area contributed by atoms with E-state index in [-0.39, 0.29) is 19.6 Å². The number of aryl methyl sites for hydroxylation is 4. The molecule has 6 heteroatoms. The van der Waals surface area contributed by atoms with Crippen LogP contribution in [0.25, 0.3) is 0 Å². The second kappa shape index (κ2) is 4.43. The molecule has 22 heavy (non-hydrogen) atoms. The molecule has 0 unspecified atom stereocenters. The normalized spacial score (nSPS) is 17.6. The molecule has 0 aliphatic carbocycles. The Morgan fingerprint density at radius 2 is 0.682 bits per heavy atom. The van der Waals surface area contributed by atoms with Crippen LogP contribution in [0.15, 0.2) is 43.8 Å². The van der Waals surface area contributed by atoms with Gasteiger partial charge in [0, 0.05) is 0 Å². The minimum absolute atomic E-state index is 0.119. The summed E-state index contributed by atoms with van der Waals surface area (Å²) < 4.78 is 51.4. The maximum atomic E-state index is 12.8. The largest absolute Gasteiger partial charge is 0.218 e. The van der Waals surface area contributed by atoms with E-state index in [1.807, 2.05) is 0 Å². The van der Waals surface area contributed by atoms with E-state index in [0.717, 1.165) is 22.3 Å². The Morgan fingerprint density at radius 1 is 0.500 bits per heavy atom. The van der Waals surface area contributed by atoms with Crippen LogP contribution < -0.4 is 0 Å². The monoisotopic (exact) mass is 336 g/mol. The fourth-order valence-electron chi connectivity index (χ4n) is 2.60. The average molecular weight is 336 g/mol. The Balaban J connectivity index is 2.55. The van der Waals surface area contributed by atoms with Gasteiger partial charge in [-0.2, -0.15) is 0 Å². The molecule has 0 bridgehead atoms. The van der Waals surface area contributed by atoms with Gasteiger partial charge in [-0.1, -0.05) is 0 Å². The standard InChI is InChI=1S/C16H16O4S2/c1-9-5-13-14(6-10(9)2)22(19,20)16-8-12(4)11(3)7-15(16)21(13,17)18/h5-8H,1-4H3. The van der Waals surface area contributed by atoms with Gasteiger partial charge in [0.25, 0.3) is 0 Å². The molecule has 4 nitrogen and oxygen atoms in total. The van der Waals surface area contributed by atoms with Crippen LogP contribution in [0.4, 0.5) is 0 Å². The molecule has 0 saturated heterocycles. The lowest BCUT2D eigenvalue weighted by Gasteiger charge is -2.22. The van der Waals surface area contributed by atoms with Gasteiger partial charge < -0.3 is 0 Å². The Bertz CT molecular complexity index is 875. The van der Waals surface area contributed by atoms with E-state index >= 15 is 0 Å². The van der Waals surface area contributed by atoms with Crippen molar-refractivity contribution in [3.05, 3.63) is 46.5 Å². The highest BCUT2D eigenvalue weighted by Crippen LogP contribution is 2.42. The summed E-state index contributed by atoms with van der Waals surface area (Å²) in [4.78, 5) is -0.476. The number of sulfone groups is 2. The van der Waals surface area contributed by atoms with E-state index in [9.17, 15) is 16.8 Å². The number of hydrogen-bond donors (Lipinski definition) is 0. The summed E-state index contributed by atoms with van der Waals surface area (Å²) in [7, 11) is -7.66. The Kier molecular flexibility index (Phi) is 3.07. The van der Waals surface area contributed by atoms with Crippen molar-refractivity contribution in [3.8, 4) is 0 Å². The molecule has 2 aromatic rings. The van der Waals surface area contributed by atoms with E-state index in [1.54, 1.807) is 27.7 Å². The summed E-state index contributed by atoms with van der Waals surface area (Å²) in [5.41, 5.74) is 3.02. The summed E-state index contributed by atoms with van der Waals surface area (Å²) in [5, 5.41) is 0. The summed E-state index contributed by atoms with van der Waals surface area (Å²) in [6.45, 7) is 7.09. The summed E-state index contributed by atoms with van der Waals surface area (Å²) in [6, 6.07) is 5.82. The molecule has 1 aliphatic heterocycles. The van der Waals surface area contributed by atoms with Crippen molar-refractivity contribution in [1.29, 1.82) is 0 Å². The van der Waals surface area contributed by atoms with Crippen LogP contribution in [-0.2, 0) is 19.7 Å². The van der Waals surface area contributed by atoms with Crippen molar-refractivity contribution in [2.45, 2.75) is 47.3 Å². The number of rotatable bonds is 0. The van der Waals surface area contributed by atoms with Crippen molar-refractivity contribution < 1.29 is 16.8 Å². The smallest absolute Gasteiger partial charge is 0.209 e. The first-order valence-electron chi connectivity index (χ1n) is 6.79. The second-order valence-electron chi connectivity index (χ2n) is 5.77. The zero-order valence-electron chi connectivity index (χ0n) is 12.8. The van der Waals surface area contributed by atoms with Crippen molar-refractivity contribution in [2.75, 3.05) is 0 Å². The highest BCUT2D eigenvalue weighted by molar-refractivity contribution is 7.97. The molecule has 1 aliphatic rings.